The van der Waals surface area contributed by atoms with E-state index in [1.165, 1.54) is 16.8 Å². The van der Waals surface area contributed by atoms with Gasteiger partial charge in [-0.25, -0.2) is 8.42 Å². The topological polar surface area (TPSA) is 40.6 Å². The van der Waals surface area contributed by atoms with Gasteiger partial charge in [-0.3, -0.25) is 0 Å². The van der Waals surface area contributed by atoms with Crippen LogP contribution in [-0.2, 0) is 10.0 Å². The molecule has 4 nitrogen and oxygen atoms in total. The highest BCUT2D eigenvalue weighted by molar-refractivity contribution is 7.89. The van der Waals surface area contributed by atoms with E-state index in [2.05, 4.69) is 50.8 Å². The number of anilines is 1. The van der Waals surface area contributed by atoms with Crippen molar-refractivity contribution in [2.24, 2.45) is 0 Å². The van der Waals surface area contributed by atoms with Gasteiger partial charge in [0.2, 0.25) is 10.0 Å². The Kier molecular flexibility index (Phi) is 5.39. The molecule has 2 aromatic carbocycles. The zero-order valence-corrected chi connectivity index (χ0v) is 16.9. The molecule has 0 amide bonds. The maximum absolute atomic E-state index is 12.9. The molecular weight excluding hydrogens is 344 g/mol. The van der Waals surface area contributed by atoms with Crippen molar-refractivity contribution in [1.29, 1.82) is 0 Å². The van der Waals surface area contributed by atoms with Crippen LogP contribution >= 0.6 is 0 Å². The maximum Gasteiger partial charge on any atom is 0.243 e. The summed E-state index contributed by atoms with van der Waals surface area (Å²) in [5, 5.41) is 0. The second-order valence-corrected chi connectivity index (χ2v) is 9.32. The van der Waals surface area contributed by atoms with Crippen LogP contribution in [0.4, 0.5) is 5.69 Å². The van der Waals surface area contributed by atoms with Gasteiger partial charge in [0, 0.05) is 31.9 Å². The van der Waals surface area contributed by atoms with E-state index in [9.17, 15) is 8.42 Å². The summed E-state index contributed by atoms with van der Waals surface area (Å²) in [5.74, 6) is 0.397. The molecule has 0 unspecified atom stereocenters. The lowest BCUT2D eigenvalue weighted by Gasteiger charge is -2.35. The van der Waals surface area contributed by atoms with E-state index in [0.29, 0.717) is 37.0 Å². The molecule has 0 saturated carbocycles. The normalized spacial score (nSPS) is 16.3. The first kappa shape index (κ1) is 18.9. The van der Waals surface area contributed by atoms with Crippen LogP contribution in [0.2, 0.25) is 0 Å². The van der Waals surface area contributed by atoms with Crippen LogP contribution in [0, 0.1) is 13.8 Å². The van der Waals surface area contributed by atoms with Crippen molar-refractivity contribution in [2.45, 2.75) is 38.5 Å². The number of hydrogen-bond acceptors (Lipinski definition) is 3. The number of aryl methyl sites for hydroxylation is 2. The summed E-state index contributed by atoms with van der Waals surface area (Å²) in [6.07, 6.45) is 0. The Morgan fingerprint density at radius 1 is 0.846 bits per heavy atom. The summed E-state index contributed by atoms with van der Waals surface area (Å²) >= 11 is 0. The largest absolute Gasteiger partial charge is 0.369 e. The molecule has 0 bridgehead atoms. The first-order chi connectivity index (χ1) is 12.3. The number of nitrogens with zero attached hydrogens (tertiary/aromatic N) is 2. The lowest BCUT2D eigenvalue weighted by Crippen LogP contribution is -2.48. The van der Waals surface area contributed by atoms with Gasteiger partial charge in [-0.15, -0.1) is 0 Å². The Morgan fingerprint density at radius 2 is 1.46 bits per heavy atom. The van der Waals surface area contributed by atoms with Crippen LogP contribution in [-0.4, -0.2) is 38.9 Å². The maximum atomic E-state index is 12.9. The highest BCUT2D eigenvalue weighted by Crippen LogP contribution is 2.24. The highest BCUT2D eigenvalue weighted by Gasteiger charge is 2.28. The van der Waals surface area contributed by atoms with Crippen molar-refractivity contribution in [3.8, 4) is 0 Å². The molecule has 0 radical (unpaired) electrons. The standard InChI is InChI=1S/C21H28N2O2S/c1-16(2)19-6-9-21(10-7-19)26(24,25)23-13-11-22(12-14-23)20-8-5-17(3)18(4)15-20/h5-10,15-16H,11-14H2,1-4H3. The molecule has 0 N–H and O–H groups in total. The Balaban J connectivity index is 1.71. The minimum absolute atomic E-state index is 0.390. The number of sulfonamides is 1. The molecule has 26 heavy (non-hydrogen) atoms. The average Bonchev–Trinajstić information content (AvgIpc) is 2.64. The van der Waals surface area contributed by atoms with E-state index in [4.69, 9.17) is 0 Å². The van der Waals surface area contributed by atoms with Gasteiger partial charge in [0.05, 0.1) is 4.90 Å². The summed E-state index contributed by atoms with van der Waals surface area (Å²) < 4.78 is 27.4. The summed E-state index contributed by atoms with van der Waals surface area (Å²) in [5.41, 5.74) is 4.87. The SMILES string of the molecule is Cc1ccc(N2CCN(S(=O)(=O)c3ccc(C(C)C)cc3)CC2)cc1C. The Morgan fingerprint density at radius 3 is 2.00 bits per heavy atom. The van der Waals surface area contributed by atoms with Crippen molar-refractivity contribution < 1.29 is 8.42 Å². The number of rotatable bonds is 4. The lowest BCUT2D eigenvalue weighted by molar-refractivity contribution is 0.385. The van der Waals surface area contributed by atoms with E-state index in [1.807, 2.05) is 12.1 Å². The molecule has 0 atom stereocenters. The van der Waals surface area contributed by atoms with Gasteiger partial charge in [-0.1, -0.05) is 32.0 Å². The fraction of sp³-hybridized carbons (Fsp3) is 0.429. The van der Waals surface area contributed by atoms with Crippen LogP contribution in [0.15, 0.2) is 47.4 Å². The predicted molar refractivity (Wildman–Crippen MR) is 107 cm³/mol. The molecule has 0 aromatic heterocycles. The van der Waals surface area contributed by atoms with Crippen LogP contribution in [0.1, 0.15) is 36.5 Å². The van der Waals surface area contributed by atoms with Crippen molar-refractivity contribution in [3.63, 3.8) is 0 Å². The summed E-state index contributed by atoms with van der Waals surface area (Å²) in [4.78, 5) is 2.65. The van der Waals surface area contributed by atoms with E-state index in [0.717, 1.165) is 5.56 Å². The van der Waals surface area contributed by atoms with Crippen LogP contribution in [0.5, 0.6) is 0 Å². The van der Waals surface area contributed by atoms with Crippen molar-refractivity contribution in [2.75, 3.05) is 31.1 Å². The van der Waals surface area contributed by atoms with Gasteiger partial charge in [0.1, 0.15) is 0 Å². The first-order valence-corrected chi connectivity index (χ1v) is 10.7. The minimum atomic E-state index is -3.42. The average molecular weight is 373 g/mol. The first-order valence-electron chi connectivity index (χ1n) is 9.21. The van der Waals surface area contributed by atoms with Crippen LogP contribution in [0.3, 0.4) is 0 Å². The van der Waals surface area contributed by atoms with Gasteiger partial charge < -0.3 is 4.90 Å². The Bertz CT molecular complexity index is 865. The predicted octanol–water partition coefficient (Wildman–Crippen LogP) is 3.94. The molecule has 1 heterocycles. The van der Waals surface area contributed by atoms with Gasteiger partial charge in [0.25, 0.3) is 0 Å². The van der Waals surface area contributed by atoms with Crippen molar-refractivity contribution in [1.82, 2.24) is 4.31 Å². The quantitative estimate of drug-likeness (QED) is 0.816. The fourth-order valence-electron chi connectivity index (χ4n) is 3.28. The molecule has 140 valence electrons. The molecule has 0 spiro atoms. The zero-order chi connectivity index (χ0) is 18.9. The molecule has 2 aromatic rings. The molecular formula is C21H28N2O2S. The lowest BCUT2D eigenvalue weighted by atomic mass is 10.0. The number of piperazine rings is 1. The molecule has 1 saturated heterocycles. The van der Waals surface area contributed by atoms with E-state index >= 15 is 0 Å². The van der Waals surface area contributed by atoms with Gasteiger partial charge in [-0.2, -0.15) is 4.31 Å². The van der Waals surface area contributed by atoms with Gasteiger partial charge >= 0.3 is 0 Å². The van der Waals surface area contributed by atoms with E-state index in [1.54, 1.807) is 16.4 Å². The summed E-state index contributed by atoms with van der Waals surface area (Å²) in [7, 11) is -3.42. The van der Waals surface area contributed by atoms with Gasteiger partial charge in [-0.05, 0) is 60.7 Å². The smallest absolute Gasteiger partial charge is 0.243 e. The monoisotopic (exact) mass is 372 g/mol. The third-order valence-corrected chi connectivity index (χ3v) is 7.19. The summed E-state index contributed by atoms with van der Waals surface area (Å²) in [6, 6.07) is 13.7. The molecule has 1 aliphatic rings. The Labute approximate surface area is 157 Å². The van der Waals surface area contributed by atoms with E-state index < -0.39 is 10.0 Å². The van der Waals surface area contributed by atoms with Crippen LogP contribution < -0.4 is 4.90 Å². The third-order valence-electron chi connectivity index (χ3n) is 5.28. The molecule has 3 rings (SSSR count). The number of hydrogen-bond donors (Lipinski definition) is 0. The fourth-order valence-corrected chi connectivity index (χ4v) is 4.70. The van der Waals surface area contributed by atoms with Crippen molar-refractivity contribution in [3.05, 3.63) is 59.2 Å². The zero-order valence-electron chi connectivity index (χ0n) is 16.1. The van der Waals surface area contributed by atoms with E-state index in [-0.39, 0.29) is 0 Å². The molecule has 1 fully saturated rings. The highest BCUT2D eigenvalue weighted by atomic mass is 32.2. The van der Waals surface area contributed by atoms with Gasteiger partial charge in [0.15, 0.2) is 0 Å². The van der Waals surface area contributed by atoms with Crippen molar-refractivity contribution >= 4 is 15.7 Å². The Hall–Kier alpha value is -1.85. The minimum Gasteiger partial charge on any atom is -0.369 e. The molecule has 0 aliphatic carbocycles. The second-order valence-electron chi connectivity index (χ2n) is 7.38. The second kappa shape index (κ2) is 7.41. The van der Waals surface area contributed by atoms with Crippen LogP contribution in [0.25, 0.3) is 0 Å². The molecule has 5 heteroatoms. The number of benzene rings is 2. The third kappa shape index (κ3) is 3.79. The summed E-state index contributed by atoms with van der Waals surface area (Å²) in [6.45, 7) is 10.9. The molecule has 1 aliphatic heterocycles.